The lowest BCUT2D eigenvalue weighted by molar-refractivity contribution is -0.131. The van der Waals surface area contributed by atoms with Crippen molar-refractivity contribution in [2.45, 2.75) is 26.4 Å². The van der Waals surface area contributed by atoms with Gasteiger partial charge in [0.25, 0.3) is 0 Å². The lowest BCUT2D eigenvalue weighted by Crippen LogP contribution is -2.25. The van der Waals surface area contributed by atoms with Gasteiger partial charge in [-0.25, -0.2) is 4.79 Å². The lowest BCUT2D eigenvalue weighted by atomic mass is 10.1. The van der Waals surface area contributed by atoms with E-state index in [2.05, 4.69) is 25.8 Å². The molecule has 1 N–H and O–H groups in total. The highest BCUT2D eigenvalue weighted by Crippen LogP contribution is 2.09. The van der Waals surface area contributed by atoms with Gasteiger partial charge in [0.15, 0.2) is 0 Å². The molecule has 0 aromatic heterocycles. The van der Waals surface area contributed by atoms with Crippen LogP contribution in [0.3, 0.4) is 0 Å². The molecule has 0 radical (unpaired) electrons. The van der Waals surface area contributed by atoms with E-state index in [4.69, 9.17) is 5.11 Å². The average Bonchev–Trinajstić information content (AvgIpc) is 2.28. The van der Waals surface area contributed by atoms with Gasteiger partial charge in [0, 0.05) is 18.7 Å². The Bertz CT molecular complexity index is 393. The van der Waals surface area contributed by atoms with Gasteiger partial charge in [0.05, 0.1) is 0 Å². The molecule has 0 fully saturated rings. The van der Waals surface area contributed by atoms with Gasteiger partial charge in [-0.15, -0.1) is 0 Å². The van der Waals surface area contributed by atoms with Crippen LogP contribution in [0.2, 0.25) is 0 Å². The topological polar surface area (TPSA) is 40.5 Å². The summed E-state index contributed by atoms with van der Waals surface area (Å²) in [5.41, 5.74) is 2.14. The van der Waals surface area contributed by atoms with Crippen LogP contribution >= 0.6 is 0 Å². The van der Waals surface area contributed by atoms with E-state index >= 15 is 0 Å². The van der Waals surface area contributed by atoms with Crippen LogP contribution in [-0.4, -0.2) is 29.1 Å². The molecule has 0 atom stereocenters. The van der Waals surface area contributed by atoms with E-state index in [0.29, 0.717) is 6.04 Å². The minimum absolute atomic E-state index is 0.515. The Labute approximate surface area is 102 Å². The summed E-state index contributed by atoms with van der Waals surface area (Å²) in [6.45, 7) is 5.22. The molecule has 0 aliphatic rings. The van der Waals surface area contributed by atoms with Gasteiger partial charge in [-0.2, -0.15) is 0 Å². The Morgan fingerprint density at radius 3 is 2.41 bits per heavy atom. The van der Waals surface area contributed by atoms with Crippen molar-refractivity contribution < 1.29 is 9.90 Å². The molecule has 1 aromatic rings. The van der Waals surface area contributed by atoms with Crippen molar-refractivity contribution in [3.8, 4) is 0 Å². The Kier molecular flexibility index (Phi) is 4.91. The minimum atomic E-state index is -0.923. The zero-order valence-corrected chi connectivity index (χ0v) is 10.6. The highest BCUT2D eigenvalue weighted by atomic mass is 16.4. The fourth-order valence-electron chi connectivity index (χ4n) is 1.37. The fourth-order valence-corrected chi connectivity index (χ4v) is 1.37. The molecule has 0 saturated carbocycles. The molecule has 3 nitrogen and oxygen atoms in total. The number of hydrogen-bond donors (Lipinski definition) is 1. The van der Waals surface area contributed by atoms with E-state index < -0.39 is 5.97 Å². The molecule has 1 aromatic carbocycles. The summed E-state index contributed by atoms with van der Waals surface area (Å²) < 4.78 is 0. The highest BCUT2D eigenvalue weighted by Gasteiger charge is 2.03. The quantitative estimate of drug-likeness (QED) is 0.795. The van der Waals surface area contributed by atoms with Crippen LogP contribution in [0.1, 0.15) is 25.0 Å². The minimum Gasteiger partial charge on any atom is -0.478 e. The van der Waals surface area contributed by atoms with Gasteiger partial charge in [-0.05, 0) is 38.1 Å². The highest BCUT2D eigenvalue weighted by molar-refractivity contribution is 5.85. The SMILES string of the molecule is CC(C)N(C)Cc1ccc(C=CC(=O)O)cc1. The van der Waals surface area contributed by atoms with Crippen LogP contribution in [-0.2, 0) is 11.3 Å². The summed E-state index contributed by atoms with van der Waals surface area (Å²) in [6, 6.07) is 8.44. The van der Waals surface area contributed by atoms with Gasteiger partial charge in [0.2, 0.25) is 0 Å². The van der Waals surface area contributed by atoms with Gasteiger partial charge in [-0.1, -0.05) is 24.3 Å². The fraction of sp³-hybridized carbons (Fsp3) is 0.357. The van der Waals surface area contributed by atoms with Gasteiger partial charge in [0.1, 0.15) is 0 Å². The molecule has 0 bridgehead atoms. The maximum atomic E-state index is 10.4. The number of carbonyl (C=O) groups is 1. The number of carboxylic acid groups (broad SMARTS) is 1. The first kappa shape index (κ1) is 13.5. The number of aliphatic carboxylic acids is 1. The number of carboxylic acids is 1. The zero-order chi connectivity index (χ0) is 12.8. The van der Waals surface area contributed by atoms with Gasteiger partial charge in [-0.3, -0.25) is 4.90 Å². The Hall–Kier alpha value is -1.61. The molecular weight excluding hydrogens is 214 g/mol. The summed E-state index contributed by atoms with van der Waals surface area (Å²) in [5.74, 6) is -0.923. The van der Waals surface area contributed by atoms with Crippen molar-refractivity contribution in [3.63, 3.8) is 0 Å². The molecule has 0 saturated heterocycles. The predicted octanol–water partition coefficient (Wildman–Crippen LogP) is 2.62. The summed E-state index contributed by atoms with van der Waals surface area (Å²) in [6.07, 6.45) is 2.74. The second-order valence-electron chi connectivity index (χ2n) is 4.42. The van der Waals surface area contributed by atoms with Crippen LogP contribution < -0.4 is 0 Å². The van der Waals surface area contributed by atoms with Crippen LogP contribution in [0.25, 0.3) is 6.08 Å². The van der Waals surface area contributed by atoms with Crippen molar-refractivity contribution in [1.82, 2.24) is 4.90 Å². The first-order valence-corrected chi connectivity index (χ1v) is 5.69. The molecule has 17 heavy (non-hydrogen) atoms. The van der Waals surface area contributed by atoms with E-state index in [0.717, 1.165) is 18.2 Å². The molecule has 0 spiro atoms. The van der Waals surface area contributed by atoms with Gasteiger partial charge >= 0.3 is 5.97 Å². The number of rotatable bonds is 5. The monoisotopic (exact) mass is 233 g/mol. The first-order chi connectivity index (χ1) is 7.99. The number of benzene rings is 1. The zero-order valence-electron chi connectivity index (χ0n) is 10.6. The standard InChI is InChI=1S/C14H19NO2/c1-11(2)15(3)10-13-6-4-12(5-7-13)8-9-14(16)17/h4-9,11H,10H2,1-3H3,(H,16,17). The van der Waals surface area contributed by atoms with Crippen LogP contribution in [0, 0.1) is 0 Å². The smallest absolute Gasteiger partial charge is 0.328 e. The van der Waals surface area contributed by atoms with E-state index in [1.807, 2.05) is 24.3 Å². The third-order valence-corrected chi connectivity index (χ3v) is 2.71. The summed E-state index contributed by atoms with van der Waals surface area (Å²) in [5, 5.41) is 8.52. The van der Waals surface area contributed by atoms with E-state index in [9.17, 15) is 4.79 Å². The predicted molar refractivity (Wildman–Crippen MR) is 69.7 cm³/mol. The summed E-state index contributed by atoms with van der Waals surface area (Å²) in [4.78, 5) is 12.6. The molecule has 0 aliphatic heterocycles. The van der Waals surface area contributed by atoms with Crippen molar-refractivity contribution in [2.75, 3.05) is 7.05 Å². The van der Waals surface area contributed by atoms with Crippen molar-refractivity contribution >= 4 is 12.0 Å². The molecule has 0 heterocycles. The lowest BCUT2D eigenvalue weighted by Gasteiger charge is -2.20. The van der Waals surface area contributed by atoms with E-state index in [1.54, 1.807) is 6.08 Å². The van der Waals surface area contributed by atoms with Crippen LogP contribution in [0.4, 0.5) is 0 Å². The maximum Gasteiger partial charge on any atom is 0.328 e. The second kappa shape index (κ2) is 6.21. The number of hydrogen-bond acceptors (Lipinski definition) is 2. The van der Waals surface area contributed by atoms with Crippen LogP contribution in [0.15, 0.2) is 30.3 Å². The molecule has 0 aliphatic carbocycles. The molecule has 3 heteroatoms. The second-order valence-corrected chi connectivity index (χ2v) is 4.42. The van der Waals surface area contributed by atoms with Crippen molar-refractivity contribution in [3.05, 3.63) is 41.5 Å². The Balaban J connectivity index is 2.65. The number of nitrogens with zero attached hydrogens (tertiary/aromatic N) is 1. The first-order valence-electron chi connectivity index (χ1n) is 5.69. The third-order valence-electron chi connectivity index (χ3n) is 2.71. The van der Waals surface area contributed by atoms with Crippen LogP contribution in [0.5, 0.6) is 0 Å². The van der Waals surface area contributed by atoms with E-state index in [1.165, 1.54) is 5.56 Å². The largest absolute Gasteiger partial charge is 0.478 e. The third kappa shape index (κ3) is 4.83. The van der Waals surface area contributed by atoms with Crippen molar-refractivity contribution in [2.24, 2.45) is 0 Å². The molecule has 0 amide bonds. The Morgan fingerprint density at radius 1 is 1.35 bits per heavy atom. The molecular formula is C14H19NO2. The summed E-state index contributed by atoms with van der Waals surface area (Å²) in [7, 11) is 2.09. The van der Waals surface area contributed by atoms with E-state index in [-0.39, 0.29) is 0 Å². The Morgan fingerprint density at radius 2 is 1.94 bits per heavy atom. The maximum absolute atomic E-state index is 10.4. The molecule has 92 valence electrons. The molecule has 0 unspecified atom stereocenters. The van der Waals surface area contributed by atoms with Gasteiger partial charge < -0.3 is 5.11 Å². The normalized spacial score (nSPS) is 11.6. The summed E-state index contributed by atoms with van der Waals surface area (Å²) >= 11 is 0. The van der Waals surface area contributed by atoms with Crippen molar-refractivity contribution in [1.29, 1.82) is 0 Å². The molecule has 1 rings (SSSR count). The average molecular weight is 233 g/mol.